The Hall–Kier alpha value is -1.35. The molecule has 0 saturated heterocycles. The second-order valence-corrected chi connectivity index (χ2v) is 5.63. The lowest BCUT2D eigenvalue weighted by atomic mass is 9.91. The zero-order chi connectivity index (χ0) is 13.8. The SMILES string of the molecule is CNC1CCC(NC(=O)c2cc(C)ccc2C)CC1. The third-order valence-electron chi connectivity index (χ3n) is 4.11. The number of rotatable bonds is 3. The van der Waals surface area contributed by atoms with E-state index in [1.165, 1.54) is 0 Å². The summed E-state index contributed by atoms with van der Waals surface area (Å²) in [5, 5.41) is 6.49. The molecule has 0 spiro atoms. The third kappa shape index (κ3) is 3.57. The van der Waals surface area contributed by atoms with Crippen LogP contribution in [0.4, 0.5) is 0 Å². The van der Waals surface area contributed by atoms with Gasteiger partial charge in [-0.3, -0.25) is 4.79 Å². The Kier molecular flexibility index (Phi) is 4.59. The lowest BCUT2D eigenvalue weighted by Crippen LogP contribution is -2.41. The van der Waals surface area contributed by atoms with Crippen molar-refractivity contribution in [1.29, 1.82) is 0 Å². The second kappa shape index (κ2) is 6.20. The Morgan fingerprint density at radius 2 is 1.74 bits per heavy atom. The van der Waals surface area contributed by atoms with Crippen LogP contribution in [0.15, 0.2) is 18.2 Å². The highest BCUT2D eigenvalue weighted by Gasteiger charge is 2.22. The summed E-state index contributed by atoms with van der Waals surface area (Å²) in [5.74, 6) is 0.0779. The van der Waals surface area contributed by atoms with Crippen molar-refractivity contribution >= 4 is 5.91 Å². The number of amides is 1. The maximum Gasteiger partial charge on any atom is 0.251 e. The van der Waals surface area contributed by atoms with E-state index in [4.69, 9.17) is 0 Å². The summed E-state index contributed by atoms with van der Waals surface area (Å²) in [5.41, 5.74) is 3.00. The molecular formula is C16H24N2O. The van der Waals surface area contributed by atoms with Crippen LogP contribution in [-0.2, 0) is 0 Å². The summed E-state index contributed by atoms with van der Waals surface area (Å²) in [7, 11) is 2.01. The van der Waals surface area contributed by atoms with Gasteiger partial charge in [0.25, 0.3) is 5.91 Å². The van der Waals surface area contributed by atoms with E-state index in [0.29, 0.717) is 12.1 Å². The molecule has 2 N–H and O–H groups in total. The summed E-state index contributed by atoms with van der Waals surface area (Å²) < 4.78 is 0. The fourth-order valence-electron chi connectivity index (χ4n) is 2.77. The molecule has 1 aromatic carbocycles. The van der Waals surface area contributed by atoms with E-state index in [9.17, 15) is 4.79 Å². The van der Waals surface area contributed by atoms with Crippen LogP contribution in [0.1, 0.15) is 47.2 Å². The van der Waals surface area contributed by atoms with Crippen LogP contribution in [0.3, 0.4) is 0 Å². The minimum absolute atomic E-state index is 0.0779. The van der Waals surface area contributed by atoms with Gasteiger partial charge in [-0.25, -0.2) is 0 Å². The van der Waals surface area contributed by atoms with E-state index in [1.807, 2.05) is 39.1 Å². The van der Waals surface area contributed by atoms with Gasteiger partial charge in [0.05, 0.1) is 0 Å². The summed E-state index contributed by atoms with van der Waals surface area (Å²) in [6, 6.07) is 6.99. The van der Waals surface area contributed by atoms with E-state index in [-0.39, 0.29) is 5.91 Å². The topological polar surface area (TPSA) is 41.1 Å². The molecule has 1 aromatic rings. The highest BCUT2D eigenvalue weighted by atomic mass is 16.1. The summed E-state index contributed by atoms with van der Waals surface area (Å²) in [6.07, 6.45) is 4.44. The van der Waals surface area contributed by atoms with Crippen molar-refractivity contribution in [1.82, 2.24) is 10.6 Å². The molecule has 1 aliphatic rings. The average Bonchev–Trinajstić information content (AvgIpc) is 2.42. The van der Waals surface area contributed by atoms with E-state index < -0.39 is 0 Å². The molecule has 1 saturated carbocycles. The highest BCUT2D eigenvalue weighted by Crippen LogP contribution is 2.19. The van der Waals surface area contributed by atoms with Crippen molar-refractivity contribution in [3.63, 3.8) is 0 Å². The highest BCUT2D eigenvalue weighted by molar-refractivity contribution is 5.96. The first-order valence-corrected chi connectivity index (χ1v) is 7.15. The molecule has 0 aliphatic heterocycles. The smallest absolute Gasteiger partial charge is 0.251 e. The maximum absolute atomic E-state index is 12.3. The number of carbonyl (C=O) groups excluding carboxylic acids is 1. The molecule has 3 heteroatoms. The second-order valence-electron chi connectivity index (χ2n) is 5.63. The van der Waals surface area contributed by atoms with E-state index in [2.05, 4.69) is 10.6 Å². The number of hydrogen-bond donors (Lipinski definition) is 2. The van der Waals surface area contributed by atoms with E-state index in [1.54, 1.807) is 0 Å². The molecule has 1 amide bonds. The molecule has 3 nitrogen and oxygen atoms in total. The minimum atomic E-state index is 0.0779. The van der Waals surface area contributed by atoms with Gasteiger partial charge in [0, 0.05) is 17.6 Å². The van der Waals surface area contributed by atoms with Gasteiger partial charge in [-0.15, -0.1) is 0 Å². The molecule has 0 bridgehead atoms. The minimum Gasteiger partial charge on any atom is -0.349 e. The molecule has 0 aromatic heterocycles. The number of carbonyl (C=O) groups is 1. The molecule has 0 atom stereocenters. The van der Waals surface area contributed by atoms with Gasteiger partial charge < -0.3 is 10.6 Å². The zero-order valence-electron chi connectivity index (χ0n) is 12.1. The lowest BCUT2D eigenvalue weighted by Gasteiger charge is -2.29. The van der Waals surface area contributed by atoms with Crippen molar-refractivity contribution < 1.29 is 4.79 Å². The molecule has 1 aliphatic carbocycles. The van der Waals surface area contributed by atoms with Crippen LogP contribution in [0.5, 0.6) is 0 Å². The normalized spacial score (nSPS) is 23.1. The standard InChI is InChI=1S/C16H24N2O/c1-11-4-5-12(2)15(10-11)16(19)18-14-8-6-13(17-3)7-9-14/h4-5,10,13-14,17H,6-9H2,1-3H3,(H,18,19). The van der Waals surface area contributed by atoms with Gasteiger partial charge in [0.1, 0.15) is 0 Å². The third-order valence-corrected chi connectivity index (χ3v) is 4.11. The summed E-state index contributed by atoms with van der Waals surface area (Å²) in [4.78, 5) is 12.3. The van der Waals surface area contributed by atoms with Gasteiger partial charge in [0.15, 0.2) is 0 Å². The molecule has 0 heterocycles. The maximum atomic E-state index is 12.3. The first kappa shape index (κ1) is 14.1. The summed E-state index contributed by atoms with van der Waals surface area (Å²) >= 11 is 0. The first-order valence-electron chi connectivity index (χ1n) is 7.15. The van der Waals surface area contributed by atoms with Gasteiger partial charge in [-0.2, -0.15) is 0 Å². The predicted molar refractivity (Wildman–Crippen MR) is 78.5 cm³/mol. The molecule has 1 fully saturated rings. The van der Waals surface area contributed by atoms with Crippen molar-refractivity contribution in [2.75, 3.05) is 7.05 Å². The molecular weight excluding hydrogens is 236 g/mol. The molecule has 0 radical (unpaired) electrons. The quantitative estimate of drug-likeness (QED) is 0.877. The monoisotopic (exact) mass is 260 g/mol. The van der Waals surface area contributed by atoms with Crippen LogP contribution in [0.2, 0.25) is 0 Å². The average molecular weight is 260 g/mol. The van der Waals surface area contributed by atoms with Crippen molar-refractivity contribution in [2.45, 2.75) is 51.6 Å². The van der Waals surface area contributed by atoms with Crippen molar-refractivity contribution in [3.8, 4) is 0 Å². The Balaban J connectivity index is 1.96. The van der Waals surface area contributed by atoms with Crippen LogP contribution in [-0.4, -0.2) is 25.0 Å². The van der Waals surface area contributed by atoms with E-state index >= 15 is 0 Å². The molecule has 19 heavy (non-hydrogen) atoms. The number of benzene rings is 1. The Morgan fingerprint density at radius 1 is 1.11 bits per heavy atom. The van der Waals surface area contributed by atoms with Gasteiger partial charge in [0.2, 0.25) is 0 Å². The first-order chi connectivity index (χ1) is 9.10. The number of hydrogen-bond acceptors (Lipinski definition) is 2. The largest absolute Gasteiger partial charge is 0.349 e. The molecule has 104 valence electrons. The van der Waals surface area contributed by atoms with Gasteiger partial charge in [-0.1, -0.05) is 17.7 Å². The van der Waals surface area contributed by atoms with Gasteiger partial charge in [-0.05, 0) is 58.2 Å². The molecule has 2 rings (SSSR count). The fraction of sp³-hybridized carbons (Fsp3) is 0.562. The van der Waals surface area contributed by atoms with Crippen LogP contribution in [0.25, 0.3) is 0 Å². The predicted octanol–water partition coefficient (Wildman–Crippen LogP) is 2.56. The van der Waals surface area contributed by atoms with Crippen LogP contribution < -0.4 is 10.6 Å². The van der Waals surface area contributed by atoms with E-state index in [0.717, 1.165) is 42.4 Å². The summed E-state index contributed by atoms with van der Waals surface area (Å²) in [6.45, 7) is 4.01. The van der Waals surface area contributed by atoms with Crippen LogP contribution >= 0.6 is 0 Å². The number of aryl methyl sites for hydroxylation is 2. The Bertz CT molecular complexity index is 448. The van der Waals surface area contributed by atoms with Gasteiger partial charge >= 0.3 is 0 Å². The zero-order valence-corrected chi connectivity index (χ0v) is 12.1. The number of nitrogens with one attached hydrogen (secondary N) is 2. The Morgan fingerprint density at radius 3 is 2.37 bits per heavy atom. The van der Waals surface area contributed by atoms with Crippen molar-refractivity contribution in [3.05, 3.63) is 34.9 Å². The fourth-order valence-corrected chi connectivity index (χ4v) is 2.77. The molecule has 0 unspecified atom stereocenters. The lowest BCUT2D eigenvalue weighted by molar-refractivity contribution is 0.0924. The Labute approximate surface area is 115 Å². The van der Waals surface area contributed by atoms with Crippen molar-refractivity contribution in [2.24, 2.45) is 0 Å². The van der Waals surface area contributed by atoms with Crippen LogP contribution in [0, 0.1) is 13.8 Å².